The van der Waals surface area contributed by atoms with Crippen LogP contribution in [0.3, 0.4) is 0 Å². The van der Waals surface area contributed by atoms with Gasteiger partial charge in [-0.1, -0.05) is 68.0 Å². The molecular weight excluding hydrogens is 494 g/mol. The van der Waals surface area contributed by atoms with Gasteiger partial charge in [0, 0.05) is 39.3 Å². The first-order valence-corrected chi connectivity index (χ1v) is 14.4. The number of fused-ring (bicyclic) bond motifs is 2. The lowest BCUT2D eigenvalue weighted by molar-refractivity contribution is -0.153. The van der Waals surface area contributed by atoms with Gasteiger partial charge in [-0.15, -0.1) is 0 Å². The number of aliphatic hydroxyl groups excluding tert-OH is 1. The Kier molecular flexibility index (Phi) is 7.96. The smallest absolute Gasteiger partial charge is 0.249 e. The third-order valence-corrected chi connectivity index (χ3v) is 8.78. The number of rotatable bonds is 10. The lowest BCUT2D eigenvalue weighted by Gasteiger charge is -2.37. The molecule has 0 radical (unpaired) electrons. The Hall–Kier alpha value is -2.97. The highest BCUT2D eigenvalue weighted by Gasteiger charge is 2.74. The summed E-state index contributed by atoms with van der Waals surface area (Å²) in [5.41, 5.74) is -1.19. The zero-order valence-corrected chi connectivity index (χ0v) is 23.1. The van der Waals surface area contributed by atoms with Gasteiger partial charge in [0.25, 0.3) is 0 Å². The Balaban J connectivity index is 1.53. The summed E-state index contributed by atoms with van der Waals surface area (Å²) < 4.78 is 6.88. The van der Waals surface area contributed by atoms with Crippen LogP contribution in [0.2, 0.25) is 0 Å². The maximum absolute atomic E-state index is 14.3. The average molecular weight is 536 g/mol. The van der Waals surface area contributed by atoms with Gasteiger partial charge >= 0.3 is 0 Å². The maximum atomic E-state index is 14.3. The lowest BCUT2D eigenvalue weighted by Crippen LogP contribution is -2.56. The summed E-state index contributed by atoms with van der Waals surface area (Å²) in [4.78, 5) is 48.0. The number of hydrogen-bond donors (Lipinski definition) is 1. The Morgan fingerprint density at radius 1 is 0.872 bits per heavy atom. The predicted molar refractivity (Wildman–Crippen MR) is 147 cm³/mol. The summed E-state index contributed by atoms with van der Waals surface area (Å²) in [7, 11) is 0. The molecule has 4 heterocycles. The highest BCUT2D eigenvalue weighted by molar-refractivity contribution is 6.00. The maximum Gasteiger partial charge on any atom is 0.249 e. The minimum atomic E-state index is -1.21. The van der Waals surface area contributed by atoms with E-state index in [0.29, 0.717) is 45.6 Å². The number of benzene rings is 1. The molecule has 0 bridgehead atoms. The first-order chi connectivity index (χ1) is 18.9. The number of carbonyl (C=O) groups is 3. The van der Waals surface area contributed by atoms with Gasteiger partial charge in [0.05, 0.1) is 17.4 Å². The number of carbonyl (C=O) groups excluding carboxylic acids is 3. The molecule has 1 unspecified atom stereocenters. The van der Waals surface area contributed by atoms with Crippen molar-refractivity contribution in [2.75, 3.05) is 32.8 Å². The van der Waals surface area contributed by atoms with Crippen LogP contribution in [-0.4, -0.2) is 87.6 Å². The fraction of sp³-hybridized carbons (Fsp3) is 0.581. The zero-order valence-electron chi connectivity index (χ0n) is 23.1. The van der Waals surface area contributed by atoms with Crippen molar-refractivity contribution in [3.05, 3.63) is 60.2 Å². The first-order valence-electron chi connectivity index (χ1n) is 14.4. The van der Waals surface area contributed by atoms with Crippen molar-refractivity contribution in [2.24, 2.45) is 11.8 Å². The van der Waals surface area contributed by atoms with Crippen LogP contribution in [-0.2, 0) is 25.7 Å². The van der Waals surface area contributed by atoms with Gasteiger partial charge in [0.1, 0.15) is 11.6 Å². The number of unbranched alkanes of at least 4 members (excludes halogenated alkanes) is 3. The van der Waals surface area contributed by atoms with E-state index in [4.69, 9.17) is 4.74 Å². The number of amides is 3. The van der Waals surface area contributed by atoms with Crippen molar-refractivity contribution >= 4 is 17.7 Å². The van der Waals surface area contributed by atoms with E-state index in [9.17, 15) is 19.5 Å². The molecule has 5 atom stereocenters. The quantitative estimate of drug-likeness (QED) is 0.368. The van der Waals surface area contributed by atoms with Gasteiger partial charge < -0.3 is 24.5 Å². The van der Waals surface area contributed by atoms with Gasteiger partial charge in [0.2, 0.25) is 17.7 Å². The molecule has 4 aliphatic rings. The second-order valence-corrected chi connectivity index (χ2v) is 11.5. The highest BCUT2D eigenvalue weighted by Crippen LogP contribution is 2.57. The van der Waals surface area contributed by atoms with E-state index in [-0.39, 0.29) is 24.3 Å². The van der Waals surface area contributed by atoms with Crippen LogP contribution >= 0.6 is 0 Å². The number of ether oxygens (including phenoxy) is 1. The van der Waals surface area contributed by atoms with E-state index in [1.54, 1.807) is 9.80 Å². The fourth-order valence-electron chi connectivity index (χ4n) is 6.93. The Bertz CT molecular complexity index is 1140. The van der Waals surface area contributed by atoms with Crippen LogP contribution in [0.15, 0.2) is 54.6 Å². The Morgan fingerprint density at radius 3 is 2.36 bits per heavy atom. The highest BCUT2D eigenvalue weighted by atomic mass is 16.5. The van der Waals surface area contributed by atoms with E-state index in [1.807, 2.05) is 66.5 Å². The molecule has 5 rings (SSSR count). The normalized spacial score (nSPS) is 31.8. The van der Waals surface area contributed by atoms with Crippen LogP contribution < -0.4 is 0 Å². The summed E-state index contributed by atoms with van der Waals surface area (Å²) in [6.45, 7) is 6.43. The van der Waals surface area contributed by atoms with Crippen LogP contribution in [0, 0.1) is 11.8 Å². The van der Waals surface area contributed by atoms with Gasteiger partial charge in [-0.05, 0) is 38.2 Å². The largest absolute Gasteiger partial charge is 0.396 e. The second kappa shape index (κ2) is 11.3. The van der Waals surface area contributed by atoms with Crippen LogP contribution in [0.25, 0.3) is 0 Å². The molecule has 2 fully saturated rings. The van der Waals surface area contributed by atoms with Crippen LogP contribution in [0.4, 0.5) is 0 Å². The van der Waals surface area contributed by atoms with Crippen molar-refractivity contribution in [2.45, 2.75) is 69.7 Å². The topological polar surface area (TPSA) is 90.4 Å². The molecule has 1 aromatic rings. The number of hydrogen-bond acceptors (Lipinski definition) is 5. The van der Waals surface area contributed by atoms with Gasteiger partial charge in [-0.25, -0.2) is 0 Å². The molecule has 0 aliphatic carbocycles. The molecule has 39 heavy (non-hydrogen) atoms. The van der Waals surface area contributed by atoms with Crippen molar-refractivity contribution in [1.29, 1.82) is 0 Å². The standard InChI is InChI=1S/C31H41N3O5/c1-3-4-17-32-18-12-16-31-25(28(37)34(26(31)29(32)38)20-9-6-10-21-35)24-27(36)33(19-11-15-30(24,2)39-31)22-23-13-7-5-8-14-23/h5,7-8,11-16,24-26,35H,3-4,6,9-10,17-22H2,1-2H3/t24-,25+,26?,30+,31+/m1/s1. The molecule has 0 saturated carbocycles. The summed E-state index contributed by atoms with van der Waals surface area (Å²) in [5.74, 6) is -1.93. The molecule has 210 valence electrons. The van der Waals surface area contributed by atoms with Gasteiger partial charge in [-0.2, -0.15) is 0 Å². The van der Waals surface area contributed by atoms with E-state index in [2.05, 4.69) is 6.92 Å². The second-order valence-electron chi connectivity index (χ2n) is 11.5. The summed E-state index contributed by atoms with van der Waals surface area (Å²) in [6, 6.07) is 9.04. The van der Waals surface area contributed by atoms with Crippen LogP contribution in [0.5, 0.6) is 0 Å². The molecule has 8 nitrogen and oxygen atoms in total. The van der Waals surface area contributed by atoms with E-state index in [1.165, 1.54) is 0 Å². The van der Waals surface area contributed by atoms with Gasteiger partial charge in [-0.3, -0.25) is 14.4 Å². The van der Waals surface area contributed by atoms with Crippen molar-refractivity contribution in [1.82, 2.24) is 14.7 Å². The Morgan fingerprint density at radius 2 is 1.62 bits per heavy atom. The summed E-state index contributed by atoms with van der Waals surface area (Å²) in [5, 5.41) is 9.25. The molecular formula is C31H41N3O5. The SMILES string of the molecule is CCCCN1CC=C[C@]23O[C@@]4(C)C=CCN(Cc5ccccc5)C(=O)[C@H]4[C@H]2C(=O)N(CCCCCO)C3C1=O. The molecule has 8 heteroatoms. The van der Waals surface area contributed by atoms with Crippen molar-refractivity contribution in [3.8, 4) is 0 Å². The van der Waals surface area contributed by atoms with Crippen LogP contribution in [0.1, 0.15) is 51.5 Å². The van der Waals surface area contributed by atoms with E-state index in [0.717, 1.165) is 24.8 Å². The minimum Gasteiger partial charge on any atom is -0.396 e. The molecule has 1 N–H and O–H groups in total. The molecule has 3 amide bonds. The molecule has 1 aromatic carbocycles. The Labute approximate surface area is 231 Å². The van der Waals surface area contributed by atoms with Gasteiger partial charge in [0.15, 0.2) is 0 Å². The third-order valence-electron chi connectivity index (χ3n) is 8.78. The first kappa shape index (κ1) is 27.6. The minimum absolute atomic E-state index is 0.0953. The number of nitrogens with zero attached hydrogens (tertiary/aromatic N) is 3. The summed E-state index contributed by atoms with van der Waals surface area (Å²) >= 11 is 0. The molecule has 1 spiro atoms. The third kappa shape index (κ3) is 4.82. The molecule has 2 saturated heterocycles. The number of aliphatic hydroxyl groups is 1. The fourth-order valence-corrected chi connectivity index (χ4v) is 6.93. The lowest BCUT2D eigenvalue weighted by atomic mass is 9.74. The zero-order chi connectivity index (χ0) is 27.6. The van der Waals surface area contributed by atoms with E-state index < -0.39 is 29.1 Å². The average Bonchev–Trinajstić information content (AvgIpc) is 3.20. The number of likely N-dealkylation sites (tertiary alicyclic amines) is 1. The monoisotopic (exact) mass is 535 g/mol. The van der Waals surface area contributed by atoms with Crippen molar-refractivity contribution in [3.63, 3.8) is 0 Å². The summed E-state index contributed by atoms with van der Waals surface area (Å²) in [6.07, 6.45) is 11.7. The molecule has 4 aliphatic heterocycles. The van der Waals surface area contributed by atoms with Crippen molar-refractivity contribution < 1.29 is 24.2 Å². The predicted octanol–water partition coefficient (Wildman–Crippen LogP) is 2.92. The molecule has 0 aromatic heterocycles. The van der Waals surface area contributed by atoms with E-state index >= 15 is 0 Å².